The predicted molar refractivity (Wildman–Crippen MR) is 105 cm³/mol. The Kier molecular flexibility index (Phi) is 5.99. The van der Waals surface area contributed by atoms with Crippen molar-refractivity contribution >= 4 is 18.1 Å². The number of aryl methyl sites for hydroxylation is 1. The molecule has 0 bridgehead atoms. The minimum absolute atomic E-state index is 0.139. The van der Waals surface area contributed by atoms with Crippen LogP contribution in [0.15, 0.2) is 42.5 Å². The lowest BCUT2D eigenvalue weighted by Gasteiger charge is -2.15. The first-order valence-electron chi connectivity index (χ1n) is 8.81. The van der Waals surface area contributed by atoms with Crippen molar-refractivity contribution in [1.82, 2.24) is 20.1 Å². The van der Waals surface area contributed by atoms with Gasteiger partial charge in [0, 0.05) is 30.2 Å². The number of H-pyrrole nitrogens is 1. The molecule has 0 fully saturated rings. The van der Waals surface area contributed by atoms with Crippen molar-refractivity contribution in [3.63, 3.8) is 0 Å². The minimum Gasteiger partial charge on any atom is -0.349 e. The number of rotatable bonds is 6. The van der Waals surface area contributed by atoms with E-state index in [9.17, 15) is 13.6 Å². The van der Waals surface area contributed by atoms with Crippen molar-refractivity contribution in [2.24, 2.45) is 0 Å². The van der Waals surface area contributed by atoms with E-state index >= 15 is 0 Å². The molecular formula is C20H20F2N4OS. The number of aromatic nitrogens is 3. The van der Waals surface area contributed by atoms with E-state index in [4.69, 9.17) is 12.2 Å². The molecule has 28 heavy (non-hydrogen) atoms. The summed E-state index contributed by atoms with van der Waals surface area (Å²) in [6.07, 6.45) is 0.139. The molecule has 3 aromatic rings. The van der Waals surface area contributed by atoms with Crippen LogP contribution >= 0.6 is 12.2 Å². The van der Waals surface area contributed by atoms with Gasteiger partial charge in [-0.15, -0.1) is 0 Å². The molecule has 1 amide bonds. The lowest BCUT2D eigenvalue weighted by atomic mass is 10.1. The molecular weight excluding hydrogens is 382 g/mol. The Morgan fingerprint density at radius 3 is 2.64 bits per heavy atom. The van der Waals surface area contributed by atoms with Gasteiger partial charge in [-0.05, 0) is 32.1 Å². The number of carbonyl (C=O) groups is 1. The van der Waals surface area contributed by atoms with Gasteiger partial charge in [0.05, 0.1) is 6.04 Å². The van der Waals surface area contributed by atoms with Crippen LogP contribution in [0.3, 0.4) is 0 Å². The summed E-state index contributed by atoms with van der Waals surface area (Å²) in [6, 6.07) is 10.5. The maximum atomic E-state index is 13.9. The third-order valence-electron chi connectivity index (χ3n) is 4.44. The van der Waals surface area contributed by atoms with Crippen LogP contribution in [0.4, 0.5) is 8.78 Å². The first kappa shape index (κ1) is 19.9. The summed E-state index contributed by atoms with van der Waals surface area (Å²) < 4.78 is 29.1. The molecule has 0 spiro atoms. The maximum Gasteiger partial charge on any atom is 0.222 e. The molecule has 0 saturated carbocycles. The first-order valence-corrected chi connectivity index (χ1v) is 9.22. The zero-order valence-electron chi connectivity index (χ0n) is 15.5. The number of carbonyl (C=O) groups excluding carboxylic acids is 1. The highest BCUT2D eigenvalue weighted by Gasteiger charge is 2.15. The van der Waals surface area contributed by atoms with Gasteiger partial charge in [0.2, 0.25) is 5.91 Å². The zero-order chi connectivity index (χ0) is 20.3. The normalized spacial score (nSPS) is 12.0. The van der Waals surface area contributed by atoms with Gasteiger partial charge < -0.3 is 5.32 Å². The van der Waals surface area contributed by atoms with E-state index in [1.54, 1.807) is 11.5 Å². The van der Waals surface area contributed by atoms with Crippen LogP contribution in [-0.4, -0.2) is 20.7 Å². The molecule has 2 aromatic carbocycles. The van der Waals surface area contributed by atoms with Gasteiger partial charge in [-0.25, -0.2) is 8.78 Å². The molecule has 0 saturated heterocycles. The van der Waals surface area contributed by atoms with E-state index in [-0.39, 0.29) is 17.9 Å². The van der Waals surface area contributed by atoms with E-state index in [0.29, 0.717) is 17.1 Å². The fraction of sp³-hybridized carbons (Fsp3) is 0.250. The maximum absolute atomic E-state index is 13.9. The highest BCUT2D eigenvalue weighted by Crippen LogP contribution is 2.20. The Morgan fingerprint density at radius 2 is 1.96 bits per heavy atom. The van der Waals surface area contributed by atoms with Crippen LogP contribution in [0.1, 0.15) is 30.5 Å². The van der Waals surface area contributed by atoms with Crippen molar-refractivity contribution in [3.05, 3.63) is 70.0 Å². The van der Waals surface area contributed by atoms with E-state index < -0.39 is 17.7 Å². The summed E-state index contributed by atoms with van der Waals surface area (Å²) in [7, 11) is 0. The molecule has 5 nitrogen and oxygen atoms in total. The standard InChI is InChI=1S/C20H20F2N4OS/c1-12-3-5-14(6-4-12)19-24-25-20(28)26(19)10-9-18(27)23-13(2)16-8-7-15(21)11-17(16)22/h3-8,11,13H,9-10H2,1-2H3,(H,23,27)(H,25,28). The molecule has 0 aliphatic carbocycles. The second-order valence-corrected chi connectivity index (χ2v) is 6.96. The van der Waals surface area contributed by atoms with Gasteiger partial charge >= 0.3 is 0 Å². The third-order valence-corrected chi connectivity index (χ3v) is 4.75. The summed E-state index contributed by atoms with van der Waals surface area (Å²) in [5, 5.41) is 9.73. The Balaban J connectivity index is 1.67. The van der Waals surface area contributed by atoms with Crippen molar-refractivity contribution in [1.29, 1.82) is 0 Å². The molecule has 8 heteroatoms. The molecule has 146 valence electrons. The Bertz CT molecular complexity index is 1040. The van der Waals surface area contributed by atoms with Gasteiger partial charge in [0.25, 0.3) is 0 Å². The fourth-order valence-corrected chi connectivity index (χ4v) is 3.13. The summed E-state index contributed by atoms with van der Waals surface area (Å²) >= 11 is 5.27. The number of aromatic amines is 1. The highest BCUT2D eigenvalue weighted by atomic mass is 32.1. The smallest absolute Gasteiger partial charge is 0.222 e. The largest absolute Gasteiger partial charge is 0.349 e. The van der Waals surface area contributed by atoms with Crippen molar-refractivity contribution in [2.75, 3.05) is 0 Å². The van der Waals surface area contributed by atoms with Crippen LogP contribution in [0.2, 0.25) is 0 Å². The molecule has 1 aromatic heterocycles. The molecule has 2 N–H and O–H groups in total. The lowest BCUT2D eigenvalue weighted by molar-refractivity contribution is -0.121. The monoisotopic (exact) mass is 402 g/mol. The lowest BCUT2D eigenvalue weighted by Crippen LogP contribution is -2.28. The van der Waals surface area contributed by atoms with E-state index in [1.807, 2.05) is 31.2 Å². The number of amides is 1. The molecule has 3 rings (SSSR count). The average molecular weight is 402 g/mol. The van der Waals surface area contributed by atoms with Crippen LogP contribution in [-0.2, 0) is 11.3 Å². The Hall–Kier alpha value is -2.87. The van der Waals surface area contributed by atoms with Gasteiger partial charge in [-0.2, -0.15) is 5.10 Å². The number of nitrogens with one attached hydrogen (secondary N) is 2. The van der Waals surface area contributed by atoms with Crippen molar-refractivity contribution in [2.45, 2.75) is 32.9 Å². The summed E-state index contributed by atoms with van der Waals surface area (Å²) in [6.45, 7) is 3.97. The Morgan fingerprint density at radius 1 is 1.25 bits per heavy atom. The number of halogens is 2. The van der Waals surface area contributed by atoms with Crippen molar-refractivity contribution < 1.29 is 13.6 Å². The molecule has 0 aliphatic rings. The summed E-state index contributed by atoms with van der Waals surface area (Å²) in [5.74, 6) is -0.964. The van der Waals surface area contributed by atoms with Crippen LogP contribution in [0, 0.1) is 23.3 Å². The third kappa shape index (κ3) is 4.51. The first-order chi connectivity index (χ1) is 13.3. The van der Waals surface area contributed by atoms with Gasteiger partial charge in [0.1, 0.15) is 11.6 Å². The molecule has 1 heterocycles. The molecule has 1 atom stereocenters. The molecule has 0 aliphatic heterocycles. The number of benzene rings is 2. The van der Waals surface area contributed by atoms with E-state index in [2.05, 4.69) is 15.5 Å². The topological polar surface area (TPSA) is 62.7 Å². The zero-order valence-corrected chi connectivity index (χ0v) is 16.3. The average Bonchev–Trinajstić information content (AvgIpc) is 3.01. The van der Waals surface area contributed by atoms with Crippen molar-refractivity contribution in [3.8, 4) is 11.4 Å². The van der Waals surface area contributed by atoms with E-state index in [0.717, 1.165) is 17.2 Å². The minimum atomic E-state index is -0.688. The van der Waals surface area contributed by atoms with Gasteiger partial charge in [0.15, 0.2) is 10.6 Å². The van der Waals surface area contributed by atoms with E-state index in [1.165, 1.54) is 12.1 Å². The van der Waals surface area contributed by atoms with Gasteiger partial charge in [-0.3, -0.25) is 14.5 Å². The molecule has 1 unspecified atom stereocenters. The number of hydrogen-bond donors (Lipinski definition) is 2. The Labute approximate surface area is 166 Å². The van der Waals surface area contributed by atoms with Gasteiger partial charge in [-0.1, -0.05) is 35.9 Å². The fourth-order valence-electron chi connectivity index (χ4n) is 2.91. The predicted octanol–water partition coefficient (Wildman–Crippen LogP) is 4.46. The SMILES string of the molecule is Cc1ccc(-c2n[nH]c(=S)n2CCC(=O)NC(C)c2ccc(F)cc2F)cc1. The number of hydrogen-bond acceptors (Lipinski definition) is 3. The van der Waals surface area contributed by atoms with Crippen LogP contribution in [0.25, 0.3) is 11.4 Å². The summed E-state index contributed by atoms with van der Waals surface area (Å²) in [4.78, 5) is 12.3. The highest BCUT2D eigenvalue weighted by molar-refractivity contribution is 7.71. The second kappa shape index (κ2) is 8.43. The summed E-state index contributed by atoms with van der Waals surface area (Å²) in [5.41, 5.74) is 2.25. The van der Waals surface area contributed by atoms with Crippen LogP contribution in [0.5, 0.6) is 0 Å². The van der Waals surface area contributed by atoms with Crippen LogP contribution < -0.4 is 5.32 Å². The molecule has 0 radical (unpaired) electrons. The second-order valence-electron chi connectivity index (χ2n) is 6.58. The quantitative estimate of drug-likeness (QED) is 0.599. The number of nitrogens with zero attached hydrogens (tertiary/aromatic N) is 2.